The SMILES string of the molecule is CNc1ccncc1S(=O)(=O)NC(C)C. The second kappa shape index (κ2) is 4.59. The summed E-state index contributed by atoms with van der Waals surface area (Å²) in [6.07, 6.45) is 2.87. The molecule has 0 aromatic carbocycles. The van der Waals surface area contributed by atoms with Crippen LogP contribution in [-0.2, 0) is 10.0 Å². The Labute approximate surface area is 90.0 Å². The standard InChI is InChI=1S/C9H15N3O2S/c1-7(2)12-15(13,14)9-6-11-5-4-8(9)10-3/h4-7,12H,1-3H3,(H,10,11). The van der Waals surface area contributed by atoms with E-state index in [0.29, 0.717) is 5.69 Å². The third-order valence-electron chi connectivity index (χ3n) is 1.73. The van der Waals surface area contributed by atoms with E-state index in [1.54, 1.807) is 33.2 Å². The van der Waals surface area contributed by atoms with E-state index in [2.05, 4.69) is 15.0 Å². The van der Waals surface area contributed by atoms with Crippen LogP contribution in [0.5, 0.6) is 0 Å². The second-order valence-corrected chi connectivity index (χ2v) is 5.08. The number of sulfonamides is 1. The van der Waals surface area contributed by atoms with Crippen molar-refractivity contribution in [2.45, 2.75) is 24.8 Å². The maximum Gasteiger partial charge on any atom is 0.244 e. The van der Waals surface area contributed by atoms with Crippen molar-refractivity contribution in [3.63, 3.8) is 0 Å². The van der Waals surface area contributed by atoms with E-state index in [-0.39, 0.29) is 10.9 Å². The summed E-state index contributed by atoms with van der Waals surface area (Å²) < 4.78 is 26.2. The van der Waals surface area contributed by atoms with Crippen LogP contribution in [0.1, 0.15) is 13.8 Å². The Morgan fingerprint density at radius 2 is 2.07 bits per heavy atom. The first-order chi connectivity index (χ1) is 6.97. The minimum Gasteiger partial charge on any atom is -0.387 e. The van der Waals surface area contributed by atoms with E-state index < -0.39 is 10.0 Å². The Morgan fingerprint density at radius 3 is 2.60 bits per heavy atom. The van der Waals surface area contributed by atoms with Crippen LogP contribution >= 0.6 is 0 Å². The van der Waals surface area contributed by atoms with Crippen LogP contribution in [0, 0.1) is 0 Å². The Morgan fingerprint density at radius 1 is 1.40 bits per heavy atom. The Bertz CT molecular complexity index is 429. The highest BCUT2D eigenvalue weighted by Crippen LogP contribution is 2.18. The van der Waals surface area contributed by atoms with Gasteiger partial charge in [-0.05, 0) is 19.9 Å². The predicted molar refractivity (Wildman–Crippen MR) is 59.2 cm³/mol. The molecule has 15 heavy (non-hydrogen) atoms. The molecule has 6 heteroatoms. The molecular weight excluding hydrogens is 214 g/mol. The topological polar surface area (TPSA) is 71.1 Å². The lowest BCUT2D eigenvalue weighted by molar-refractivity contribution is 0.570. The number of nitrogens with one attached hydrogen (secondary N) is 2. The van der Waals surface area contributed by atoms with Gasteiger partial charge in [0.2, 0.25) is 10.0 Å². The maximum absolute atomic E-state index is 11.8. The van der Waals surface area contributed by atoms with Gasteiger partial charge in [-0.2, -0.15) is 0 Å². The lowest BCUT2D eigenvalue weighted by Crippen LogP contribution is -2.30. The number of pyridine rings is 1. The molecule has 0 bridgehead atoms. The summed E-state index contributed by atoms with van der Waals surface area (Å²) in [6.45, 7) is 3.54. The predicted octanol–water partition coefficient (Wildman–Crippen LogP) is 0.810. The van der Waals surface area contributed by atoms with Crippen LogP contribution in [0.2, 0.25) is 0 Å². The third kappa shape index (κ3) is 2.90. The van der Waals surface area contributed by atoms with E-state index in [9.17, 15) is 8.42 Å². The summed E-state index contributed by atoms with van der Waals surface area (Å²) in [6, 6.07) is 1.48. The van der Waals surface area contributed by atoms with Crippen molar-refractivity contribution in [3.05, 3.63) is 18.5 Å². The Kier molecular flexibility index (Phi) is 3.65. The summed E-state index contributed by atoms with van der Waals surface area (Å²) in [5, 5.41) is 2.82. The molecule has 1 aromatic rings. The molecule has 0 aliphatic rings. The monoisotopic (exact) mass is 229 g/mol. The molecule has 2 N–H and O–H groups in total. The number of hydrogen-bond donors (Lipinski definition) is 2. The number of rotatable bonds is 4. The fourth-order valence-electron chi connectivity index (χ4n) is 1.17. The summed E-state index contributed by atoms with van der Waals surface area (Å²) >= 11 is 0. The fourth-order valence-corrected chi connectivity index (χ4v) is 2.58. The highest BCUT2D eigenvalue weighted by Gasteiger charge is 2.18. The first kappa shape index (κ1) is 11.9. The van der Waals surface area contributed by atoms with E-state index in [0.717, 1.165) is 0 Å². The Balaban J connectivity index is 3.15. The first-order valence-electron chi connectivity index (χ1n) is 4.61. The summed E-state index contributed by atoms with van der Waals surface area (Å²) in [7, 11) is -1.81. The number of aromatic nitrogens is 1. The van der Waals surface area contributed by atoms with Crippen LogP contribution in [0.3, 0.4) is 0 Å². The van der Waals surface area contributed by atoms with Gasteiger partial charge in [0.25, 0.3) is 0 Å². The van der Waals surface area contributed by atoms with Crippen molar-refractivity contribution in [2.24, 2.45) is 0 Å². The lowest BCUT2D eigenvalue weighted by atomic mass is 10.4. The summed E-state index contributed by atoms with van der Waals surface area (Å²) in [5.74, 6) is 0. The van der Waals surface area contributed by atoms with Gasteiger partial charge in [0.1, 0.15) is 4.90 Å². The average molecular weight is 229 g/mol. The maximum atomic E-state index is 11.8. The van der Waals surface area contributed by atoms with Crippen molar-refractivity contribution in [3.8, 4) is 0 Å². The summed E-state index contributed by atoms with van der Waals surface area (Å²) in [4.78, 5) is 3.98. The van der Waals surface area contributed by atoms with Gasteiger partial charge in [-0.1, -0.05) is 0 Å². The van der Waals surface area contributed by atoms with Crippen molar-refractivity contribution in [1.82, 2.24) is 9.71 Å². The first-order valence-corrected chi connectivity index (χ1v) is 6.10. The molecule has 0 radical (unpaired) electrons. The average Bonchev–Trinajstić information content (AvgIpc) is 2.16. The van der Waals surface area contributed by atoms with Gasteiger partial charge < -0.3 is 5.32 Å². The zero-order valence-electron chi connectivity index (χ0n) is 8.98. The zero-order valence-corrected chi connectivity index (χ0v) is 9.80. The smallest absolute Gasteiger partial charge is 0.244 e. The van der Waals surface area contributed by atoms with Crippen molar-refractivity contribution >= 4 is 15.7 Å². The van der Waals surface area contributed by atoms with Gasteiger partial charge in [-0.15, -0.1) is 0 Å². The Hall–Kier alpha value is -1.14. The van der Waals surface area contributed by atoms with E-state index in [1.165, 1.54) is 6.20 Å². The number of nitrogens with zero attached hydrogens (tertiary/aromatic N) is 1. The van der Waals surface area contributed by atoms with Gasteiger partial charge in [0, 0.05) is 25.5 Å². The molecule has 5 nitrogen and oxygen atoms in total. The third-order valence-corrected chi connectivity index (χ3v) is 3.42. The van der Waals surface area contributed by atoms with Crippen molar-refractivity contribution in [1.29, 1.82) is 0 Å². The van der Waals surface area contributed by atoms with Gasteiger partial charge in [0.15, 0.2) is 0 Å². The minimum atomic E-state index is -3.48. The molecular formula is C9H15N3O2S. The molecule has 0 atom stereocenters. The molecule has 0 saturated heterocycles. The van der Waals surface area contributed by atoms with Crippen LogP contribution in [0.4, 0.5) is 5.69 Å². The quantitative estimate of drug-likeness (QED) is 0.801. The minimum absolute atomic E-state index is 0.139. The van der Waals surface area contributed by atoms with Gasteiger partial charge >= 0.3 is 0 Å². The highest BCUT2D eigenvalue weighted by atomic mass is 32.2. The van der Waals surface area contributed by atoms with Gasteiger partial charge in [0.05, 0.1) is 5.69 Å². The van der Waals surface area contributed by atoms with E-state index in [1.807, 2.05) is 0 Å². The zero-order chi connectivity index (χ0) is 11.5. The molecule has 1 heterocycles. The molecule has 0 unspecified atom stereocenters. The lowest BCUT2D eigenvalue weighted by Gasteiger charge is -2.12. The highest BCUT2D eigenvalue weighted by molar-refractivity contribution is 7.89. The molecule has 0 saturated carbocycles. The van der Waals surface area contributed by atoms with Crippen LogP contribution in [0.15, 0.2) is 23.4 Å². The molecule has 0 aliphatic heterocycles. The second-order valence-electron chi connectivity index (χ2n) is 3.40. The van der Waals surface area contributed by atoms with Crippen LogP contribution in [0.25, 0.3) is 0 Å². The van der Waals surface area contributed by atoms with Crippen LogP contribution < -0.4 is 10.0 Å². The van der Waals surface area contributed by atoms with Crippen LogP contribution in [-0.4, -0.2) is 26.5 Å². The molecule has 1 aromatic heterocycles. The van der Waals surface area contributed by atoms with E-state index in [4.69, 9.17) is 0 Å². The van der Waals surface area contributed by atoms with Crippen molar-refractivity contribution in [2.75, 3.05) is 12.4 Å². The molecule has 0 amide bonds. The molecule has 0 spiro atoms. The molecule has 84 valence electrons. The molecule has 0 fully saturated rings. The van der Waals surface area contributed by atoms with Crippen molar-refractivity contribution < 1.29 is 8.42 Å². The number of hydrogen-bond acceptors (Lipinski definition) is 4. The number of anilines is 1. The fraction of sp³-hybridized carbons (Fsp3) is 0.444. The summed E-state index contributed by atoms with van der Waals surface area (Å²) in [5.41, 5.74) is 0.540. The van der Waals surface area contributed by atoms with E-state index >= 15 is 0 Å². The van der Waals surface area contributed by atoms with Gasteiger partial charge in [-0.3, -0.25) is 4.98 Å². The molecule has 0 aliphatic carbocycles. The largest absolute Gasteiger partial charge is 0.387 e. The normalized spacial score (nSPS) is 11.7. The van der Waals surface area contributed by atoms with Gasteiger partial charge in [-0.25, -0.2) is 13.1 Å². The molecule has 1 rings (SSSR count).